The lowest BCUT2D eigenvalue weighted by atomic mass is 9.99. The number of aromatic nitrogens is 3. The second-order valence-corrected chi connectivity index (χ2v) is 5.77. The fourth-order valence-electron chi connectivity index (χ4n) is 2.84. The molecule has 1 heterocycles. The van der Waals surface area contributed by atoms with Crippen molar-refractivity contribution in [3.8, 4) is 39.9 Å². The van der Waals surface area contributed by atoms with E-state index in [2.05, 4.69) is 15.0 Å². The van der Waals surface area contributed by atoms with Crippen molar-refractivity contribution in [3.05, 3.63) is 84.9 Å². The van der Waals surface area contributed by atoms with Gasteiger partial charge in [-0.3, -0.25) is 0 Å². The van der Waals surface area contributed by atoms with Gasteiger partial charge in [-0.1, -0.05) is 84.9 Å². The summed E-state index contributed by atoms with van der Waals surface area (Å²) in [6.07, 6.45) is 0. The molecular weight excluding hydrogens is 337 g/mol. The highest BCUT2D eigenvalue weighted by molar-refractivity contribution is 6.17. The Hall–Kier alpha value is -3.51. The predicted molar refractivity (Wildman–Crippen MR) is 105 cm³/mol. The van der Waals surface area contributed by atoms with Crippen LogP contribution in [0.1, 0.15) is 0 Å². The molecule has 0 aliphatic rings. The molecule has 1 N–H and O–H groups in total. The van der Waals surface area contributed by atoms with Crippen LogP contribution < -0.4 is 4.65 Å². The largest absolute Gasteiger partial charge is 0.571 e. The molecule has 1 aromatic heterocycles. The van der Waals surface area contributed by atoms with E-state index in [4.69, 9.17) is 9.68 Å². The maximum absolute atomic E-state index is 9.03. The van der Waals surface area contributed by atoms with E-state index >= 15 is 0 Å². The van der Waals surface area contributed by atoms with Crippen LogP contribution in [-0.4, -0.2) is 27.7 Å². The highest BCUT2D eigenvalue weighted by atomic mass is 16.5. The molecule has 0 amide bonds. The van der Waals surface area contributed by atoms with Crippen molar-refractivity contribution in [2.75, 3.05) is 0 Å². The molecule has 1 radical (unpaired) electrons. The van der Waals surface area contributed by atoms with Gasteiger partial charge >= 0.3 is 13.7 Å². The van der Waals surface area contributed by atoms with Gasteiger partial charge in [0, 0.05) is 11.1 Å². The van der Waals surface area contributed by atoms with Crippen LogP contribution in [0, 0.1) is 0 Å². The van der Waals surface area contributed by atoms with Gasteiger partial charge in [0.05, 0.1) is 0 Å². The van der Waals surface area contributed by atoms with Crippen molar-refractivity contribution >= 4 is 7.69 Å². The van der Waals surface area contributed by atoms with Gasteiger partial charge < -0.3 is 9.68 Å². The van der Waals surface area contributed by atoms with Gasteiger partial charge in [0.1, 0.15) is 0 Å². The quantitative estimate of drug-likeness (QED) is 0.554. The maximum Gasteiger partial charge on any atom is 0.571 e. The van der Waals surface area contributed by atoms with E-state index in [0.29, 0.717) is 19.3 Å². The molecule has 0 saturated carbocycles. The van der Waals surface area contributed by atoms with Crippen molar-refractivity contribution in [2.45, 2.75) is 0 Å². The summed E-state index contributed by atoms with van der Waals surface area (Å²) < 4.78 is 5.04. The zero-order chi connectivity index (χ0) is 18.5. The van der Waals surface area contributed by atoms with Crippen LogP contribution in [0.3, 0.4) is 0 Å². The first kappa shape index (κ1) is 16.9. The van der Waals surface area contributed by atoms with Crippen LogP contribution in [0.15, 0.2) is 84.9 Å². The van der Waals surface area contributed by atoms with E-state index in [1.807, 2.05) is 84.9 Å². The van der Waals surface area contributed by atoms with Crippen molar-refractivity contribution < 1.29 is 9.68 Å². The second-order valence-electron chi connectivity index (χ2n) is 5.77. The molecule has 0 spiro atoms. The molecule has 0 fully saturated rings. The zero-order valence-electron chi connectivity index (χ0n) is 14.4. The molecule has 0 atom stereocenters. The topological polar surface area (TPSA) is 68.1 Å². The SMILES string of the molecule is O[B]Oc1nc(-c2ccccc2)nc(-c2ccccc2-c2ccccc2)n1. The van der Waals surface area contributed by atoms with E-state index in [9.17, 15) is 0 Å². The molecule has 0 unspecified atom stereocenters. The Bertz CT molecular complexity index is 1040. The van der Waals surface area contributed by atoms with Gasteiger partial charge in [0.25, 0.3) is 0 Å². The first-order valence-electron chi connectivity index (χ1n) is 8.44. The molecule has 3 aromatic carbocycles. The molecule has 6 heteroatoms. The molecular formula is C21H15BN3O2. The highest BCUT2D eigenvalue weighted by Gasteiger charge is 2.14. The van der Waals surface area contributed by atoms with Crippen LogP contribution >= 0.6 is 0 Å². The monoisotopic (exact) mass is 352 g/mol. The summed E-state index contributed by atoms with van der Waals surface area (Å²) in [4.78, 5) is 13.3. The summed E-state index contributed by atoms with van der Waals surface area (Å²) >= 11 is 0. The third kappa shape index (κ3) is 3.71. The molecule has 0 bridgehead atoms. The van der Waals surface area contributed by atoms with Gasteiger partial charge in [-0.05, 0) is 11.1 Å². The minimum atomic E-state index is 0.0317. The Kier molecular flexibility index (Phi) is 4.89. The number of hydrogen-bond donors (Lipinski definition) is 1. The van der Waals surface area contributed by atoms with E-state index < -0.39 is 0 Å². The number of rotatable bonds is 5. The molecule has 5 nitrogen and oxygen atoms in total. The van der Waals surface area contributed by atoms with Crippen LogP contribution in [-0.2, 0) is 0 Å². The van der Waals surface area contributed by atoms with Gasteiger partial charge in [-0.15, -0.1) is 0 Å². The first-order chi connectivity index (χ1) is 13.3. The summed E-state index contributed by atoms with van der Waals surface area (Å²) in [5.41, 5.74) is 3.75. The molecule has 0 saturated heterocycles. The van der Waals surface area contributed by atoms with E-state index in [1.54, 1.807) is 0 Å². The van der Waals surface area contributed by atoms with Gasteiger partial charge in [-0.25, -0.2) is 4.98 Å². The molecule has 27 heavy (non-hydrogen) atoms. The fraction of sp³-hybridized carbons (Fsp3) is 0. The lowest BCUT2D eigenvalue weighted by Gasteiger charge is -2.11. The molecule has 0 aliphatic carbocycles. The highest BCUT2D eigenvalue weighted by Crippen LogP contribution is 2.31. The lowest BCUT2D eigenvalue weighted by molar-refractivity contribution is 0.430. The van der Waals surface area contributed by atoms with Crippen LogP contribution in [0.5, 0.6) is 6.01 Å². The maximum atomic E-state index is 9.03. The van der Waals surface area contributed by atoms with Crippen molar-refractivity contribution in [1.29, 1.82) is 0 Å². The third-order valence-electron chi connectivity index (χ3n) is 4.06. The predicted octanol–water partition coefficient (Wildman–Crippen LogP) is 3.78. The Morgan fingerprint density at radius 3 is 1.81 bits per heavy atom. The van der Waals surface area contributed by atoms with E-state index in [0.717, 1.165) is 22.3 Å². The van der Waals surface area contributed by atoms with Crippen LogP contribution in [0.2, 0.25) is 0 Å². The number of nitrogens with zero attached hydrogens (tertiary/aromatic N) is 3. The Labute approximate surface area is 157 Å². The second kappa shape index (κ2) is 7.80. The molecule has 4 aromatic rings. The van der Waals surface area contributed by atoms with Gasteiger partial charge in [0.2, 0.25) is 0 Å². The molecule has 4 rings (SSSR count). The summed E-state index contributed by atoms with van der Waals surface area (Å²) in [5, 5.41) is 9.03. The Morgan fingerprint density at radius 2 is 1.15 bits per heavy atom. The van der Waals surface area contributed by atoms with Gasteiger partial charge in [0.15, 0.2) is 11.6 Å². The first-order valence-corrected chi connectivity index (χ1v) is 8.44. The average molecular weight is 352 g/mol. The summed E-state index contributed by atoms with van der Waals surface area (Å²) in [6, 6.07) is 27.5. The van der Waals surface area contributed by atoms with Gasteiger partial charge in [-0.2, -0.15) is 9.97 Å². The molecule has 0 aliphatic heterocycles. The summed E-state index contributed by atoms with van der Waals surface area (Å²) in [7, 11) is 0.566. The molecule has 129 valence electrons. The minimum absolute atomic E-state index is 0.0317. The average Bonchev–Trinajstić information content (AvgIpc) is 2.75. The summed E-state index contributed by atoms with van der Waals surface area (Å²) in [6.45, 7) is 0. The normalized spacial score (nSPS) is 10.4. The van der Waals surface area contributed by atoms with Crippen LogP contribution in [0.4, 0.5) is 0 Å². The third-order valence-corrected chi connectivity index (χ3v) is 4.06. The lowest BCUT2D eigenvalue weighted by Crippen LogP contribution is -2.07. The van der Waals surface area contributed by atoms with Crippen LogP contribution in [0.25, 0.3) is 33.9 Å². The fourth-order valence-corrected chi connectivity index (χ4v) is 2.84. The Balaban J connectivity index is 1.89. The minimum Gasteiger partial charge on any atom is -0.508 e. The zero-order valence-corrected chi connectivity index (χ0v) is 14.4. The summed E-state index contributed by atoms with van der Waals surface area (Å²) in [5.74, 6) is 0.945. The van der Waals surface area contributed by atoms with Crippen molar-refractivity contribution in [1.82, 2.24) is 15.0 Å². The standard InChI is InChI=1S/C21H15BN3O2/c26-22-27-21-24-19(16-11-5-2-6-12-16)23-20(25-21)18-14-8-7-13-17(18)15-9-3-1-4-10-15/h1-14,26H. The van der Waals surface area contributed by atoms with Crippen molar-refractivity contribution in [2.24, 2.45) is 0 Å². The van der Waals surface area contributed by atoms with E-state index in [-0.39, 0.29) is 6.01 Å². The number of hydrogen-bond acceptors (Lipinski definition) is 5. The Morgan fingerprint density at radius 1 is 0.593 bits per heavy atom. The smallest absolute Gasteiger partial charge is 0.508 e. The number of benzene rings is 3. The van der Waals surface area contributed by atoms with E-state index in [1.165, 1.54) is 0 Å². The van der Waals surface area contributed by atoms with Crippen molar-refractivity contribution in [3.63, 3.8) is 0 Å².